The van der Waals surface area contributed by atoms with Crippen molar-refractivity contribution in [2.24, 2.45) is 39.9 Å². The summed E-state index contributed by atoms with van der Waals surface area (Å²) in [4.78, 5) is 12.9. The molecular weight excluding hydrogens is 456 g/mol. The van der Waals surface area contributed by atoms with Crippen molar-refractivity contribution in [3.63, 3.8) is 0 Å². The van der Waals surface area contributed by atoms with Gasteiger partial charge in [0.25, 0.3) is 0 Å². The highest BCUT2D eigenvalue weighted by Crippen LogP contribution is 2.75. The van der Waals surface area contributed by atoms with Crippen LogP contribution in [0.15, 0.2) is 0 Å². The van der Waals surface area contributed by atoms with E-state index in [1.165, 1.54) is 13.8 Å². The van der Waals surface area contributed by atoms with Crippen molar-refractivity contribution >= 4 is 5.78 Å². The second kappa shape index (κ2) is 8.48. The number of rotatable bonds is 6. The van der Waals surface area contributed by atoms with Crippen molar-refractivity contribution in [3.8, 4) is 0 Å². The van der Waals surface area contributed by atoms with E-state index in [2.05, 4.69) is 48.5 Å². The predicted molar refractivity (Wildman–Crippen MR) is 139 cm³/mol. The Morgan fingerprint density at radius 3 is 2.28 bits per heavy atom. The average molecular weight is 509 g/mol. The number of aliphatic hydroxyl groups excluding tert-OH is 3. The summed E-state index contributed by atoms with van der Waals surface area (Å²) in [5.74, 6) is 0.889. The van der Waals surface area contributed by atoms with Gasteiger partial charge in [0.15, 0.2) is 0 Å². The smallest absolute Gasteiger partial charge is 0.138 e. The summed E-state index contributed by atoms with van der Waals surface area (Å²) >= 11 is 0. The lowest BCUT2D eigenvalue weighted by Gasteiger charge is -2.67. The quantitative estimate of drug-likeness (QED) is 0.399. The van der Waals surface area contributed by atoms with Crippen LogP contribution in [0.1, 0.15) is 107 Å². The number of aliphatic hydroxyl groups is 4. The summed E-state index contributed by atoms with van der Waals surface area (Å²) in [6.45, 7) is 18.4. The van der Waals surface area contributed by atoms with Crippen LogP contribution in [0, 0.1) is 39.9 Å². The normalized spacial score (nSPS) is 48.6. The molecule has 1 saturated heterocycles. The number of fused-ring (bicyclic) bond motifs is 3. The van der Waals surface area contributed by atoms with E-state index in [0.717, 1.165) is 25.7 Å². The number of hydrogen-bond donors (Lipinski definition) is 4. The Morgan fingerprint density at radius 1 is 1.11 bits per heavy atom. The summed E-state index contributed by atoms with van der Waals surface area (Å²) in [6, 6.07) is 0. The second-order valence-corrected chi connectivity index (χ2v) is 14.8. The van der Waals surface area contributed by atoms with Crippen molar-refractivity contribution in [3.05, 3.63) is 0 Å². The largest absolute Gasteiger partial charge is 0.393 e. The number of carbonyl (C=O) groups excluding carboxylic acids is 1. The van der Waals surface area contributed by atoms with Gasteiger partial charge in [-0.2, -0.15) is 0 Å². The topological polar surface area (TPSA) is 111 Å². The van der Waals surface area contributed by atoms with E-state index in [1.54, 1.807) is 0 Å². The van der Waals surface area contributed by atoms with Crippen LogP contribution in [-0.2, 0) is 9.53 Å². The third-order valence-corrected chi connectivity index (χ3v) is 12.3. The van der Waals surface area contributed by atoms with Crippen LogP contribution in [0.2, 0.25) is 0 Å². The van der Waals surface area contributed by atoms with Crippen molar-refractivity contribution < 1.29 is 30.0 Å². The molecule has 1 aliphatic heterocycles. The van der Waals surface area contributed by atoms with Gasteiger partial charge in [-0.15, -0.1) is 0 Å². The van der Waals surface area contributed by atoms with Gasteiger partial charge < -0.3 is 25.2 Å². The third kappa shape index (κ3) is 3.64. The Labute approximate surface area is 218 Å². The zero-order valence-electron chi connectivity index (χ0n) is 24.1. The SMILES string of the molecule is CC[C@]1([C@H](C)C[C@H](O)[C@@H](O)C(C)(C)O)O[C@@]12C[C@H](O)[C@@H]1[C@](C)(CC[C@H]3C(C)(C)C(=O)CC[C@]13C)[C@@H]2C. The maximum atomic E-state index is 12.9. The Balaban J connectivity index is 1.63. The highest BCUT2D eigenvalue weighted by molar-refractivity contribution is 5.85. The minimum Gasteiger partial charge on any atom is -0.393 e. The van der Waals surface area contributed by atoms with Crippen LogP contribution in [0.25, 0.3) is 0 Å². The van der Waals surface area contributed by atoms with E-state index < -0.39 is 35.1 Å². The Morgan fingerprint density at radius 2 is 1.72 bits per heavy atom. The summed E-state index contributed by atoms with van der Waals surface area (Å²) < 4.78 is 6.76. The Hall–Kier alpha value is -0.530. The number of epoxide rings is 1. The van der Waals surface area contributed by atoms with Crippen molar-refractivity contribution in [2.45, 2.75) is 142 Å². The van der Waals surface area contributed by atoms with Crippen LogP contribution >= 0.6 is 0 Å². The molecule has 11 atom stereocenters. The van der Waals surface area contributed by atoms with Gasteiger partial charge in [-0.1, -0.05) is 48.5 Å². The molecule has 3 aliphatic carbocycles. The molecule has 4 N–H and O–H groups in total. The molecule has 0 radical (unpaired) electrons. The van der Waals surface area contributed by atoms with Crippen molar-refractivity contribution in [2.75, 3.05) is 0 Å². The minimum absolute atomic E-state index is 0.0533. The van der Waals surface area contributed by atoms with Crippen molar-refractivity contribution in [1.29, 1.82) is 0 Å². The second-order valence-electron chi connectivity index (χ2n) is 14.8. The lowest BCUT2D eigenvalue weighted by molar-refractivity contribution is -0.213. The molecule has 1 heterocycles. The van der Waals surface area contributed by atoms with E-state index in [0.29, 0.717) is 25.0 Å². The molecule has 3 saturated carbocycles. The molecule has 4 fully saturated rings. The first kappa shape index (κ1) is 28.5. The summed E-state index contributed by atoms with van der Waals surface area (Å²) in [5.41, 5.74) is -2.93. The van der Waals surface area contributed by atoms with E-state index in [-0.39, 0.29) is 39.9 Å². The fourth-order valence-corrected chi connectivity index (χ4v) is 10.2. The fourth-order valence-electron chi connectivity index (χ4n) is 10.2. The molecule has 6 nitrogen and oxygen atoms in total. The van der Waals surface area contributed by atoms with E-state index >= 15 is 0 Å². The lowest BCUT2D eigenvalue weighted by Crippen LogP contribution is -2.66. The number of Topliss-reactive ketones (excluding diaryl/α,β-unsaturated/α-hetero) is 1. The monoisotopic (exact) mass is 508 g/mol. The molecule has 36 heavy (non-hydrogen) atoms. The van der Waals surface area contributed by atoms with Crippen LogP contribution in [0.4, 0.5) is 0 Å². The van der Waals surface area contributed by atoms with Crippen LogP contribution in [0.5, 0.6) is 0 Å². The Kier molecular flexibility index (Phi) is 6.71. The molecular formula is C30H52O6. The van der Waals surface area contributed by atoms with Gasteiger partial charge in [0.1, 0.15) is 23.1 Å². The first-order valence-electron chi connectivity index (χ1n) is 14.3. The molecule has 0 aromatic rings. The van der Waals surface area contributed by atoms with Crippen molar-refractivity contribution in [1.82, 2.24) is 0 Å². The minimum atomic E-state index is -1.39. The molecule has 4 aliphatic rings. The molecule has 0 unspecified atom stereocenters. The predicted octanol–water partition coefficient (Wildman–Crippen LogP) is 4.25. The van der Waals surface area contributed by atoms with Gasteiger partial charge in [-0.05, 0) is 80.5 Å². The molecule has 0 aromatic heterocycles. The summed E-state index contributed by atoms with van der Waals surface area (Å²) in [6.07, 6.45) is 2.20. The summed E-state index contributed by atoms with van der Waals surface area (Å²) in [7, 11) is 0. The molecule has 6 heteroatoms. The van der Waals surface area contributed by atoms with E-state index in [9.17, 15) is 25.2 Å². The van der Waals surface area contributed by atoms with Gasteiger partial charge in [-0.3, -0.25) is 4.79 Å². The van der Waals surface area contributed by atoms with Gasteiger partial charge in [0.2, 0.25) is 0 Å². The van der Waals surface area contributed by atoms with Gasteiger partial charge in [0, 0.05) is 18.3 Å². The van der Waals surface area contributed by atoms with Crippen LogP contribution in [0.3, 0.4) is 0 Å². The number of ketones is 1. The van der Waals surface area contributed by atoms with Gasteiger partial charge in [-0.25, -0.2) is 0 Å². The van der Waals surface area contributed by atoms with Gasteiger partial charge >= 0.3 is 0 Å². The highest BCUT2D eigenvalue weighted by Gasteiger charge is 2.80. The lowest BCUT2D eigenvalue weighted by atomic mass is 9.37. The molecule has 0 aromatic carbocycles. The van der Waals surface area contributed by atoms with Crippen LogP contribution in [-0.4, -0.2) is 61.3 Å². The zero-order valence-corrected chi connectivity index (χ0v) is 24.1. The first-order valence-corrected chi connectivity index (χ1v) is 14.3. The highest BCUT2D eigenvalue weighted by atomic mass is 16.6. The third-order valence-electron chi connectivity index (χ3n) is 12.3. The maximum Gasteiger partial charge on any atom is 0.138 e. The molecule has 0 bridgehead atoms. The van der Waals surface area contributed by atoms with Gasteiger partial charge in [0.05, 0.1) is 17.8 Å². The van der Waals surface area contributed by atoms with E-state index in [1.807, 2.05) is 0 Å². The summed E-state index contributed by atoms with van der Waals surface area (Å²) in [5, 5.41) is 43.3. The molecule has 208 valence electrons. The Bertz CT molecular complexity index is 879. The fraction of sp³-hybridized carbons (Fsp3) is 0.967. The first-order chi connectivity index (χ1) is 16.3. The molecule has 4 rings (SSSR count). The standard InChI is InChI=1S/C30H52O6/c1-10-29(17(2)15-19(31)24(34)26(6,7)35)30(36-29)16-20(32)23-27(8,18(30)3)13-11-21-25(4,5)22(33)12-14-28(21,23)9/h17-21,23-24,31-32,34-35H,10-16H2,1-9H3/t17-,18+,19+,20+,21+,23-,24-,27-,28+,29-,30-/m1/s1. The molecule has 1 spiro atoms. The molecule has 0 amide bonds. The number of hydrogen-bond acceptors (Lipinski definition) is 6. The van der Waals surface area contributed by atoms with E-state index in [4.69, 9.17) is 4.74 Å². The number of ether oxygens (including phenoxy) is 1. The zero-order chi connectivity index (χ0) is 27.3. The van der Waals surface area contributed by atoms with Crippen LogP contribution < -0.4 is 0 Å². The number of carbonyl (C=O) groups is 1. The maximum absolute atomic E-state index is 12.9. The average Bonchev–Trinajstić information content (AvgIpc) is 3.42.